The van der Waals surface area contributed by atoms with Crippen molar-refractivity contribution < 1.29 is 27.2 Å². The topological polar surface area (TPSA) is 91.6 Å². The number of hydrogen-bond donors (Lipinski definition) is 2. The Morgan fingerprint density at radius 1 is 1.19 bits per heavy atom. The molecule has 166 valence electrons. The van der Waals surface area contributed by atoms with Crippen molar-refractivity contribution in [2.24, 2.45) is 0 Å². The predicted octanol–water partition coefficient (Wildman–Crippen LogP) is 2.90. The van der Waals surface area contributed by atoms with E-state index in [0.29, 0.717) is 0 Å². The minimum Gasteiger partial charge on any atom is -0.342 e. The summed E-state index contributed by atoms with van der Waals surface area (Å²) in [6.45, 7) is -0.108. The van der Waals surface area contributed by atoms with E-state index in [1.165, 1.54) is 17.2 Å². The predicted molar refractivity (Wildman–Crippen MR) is 104 cm³/mol. The fourth-order valence-electron chi connectivity index (χ4n) is 3.77. The lowest BCUT2D eigenvalue weighted by Crippen LogP contribution is -2.32. The van der Waals surface area contributed by atoms with Crippen LogP contribution >= 0.6 is 0 Å². The zero-order chi connectivity index (χ0) is 22.6. The van der Waals surface area contributed by atoms with Crippen molar-refractivity contribution in [3.05, 3.63) is 53.6 Å². The highest BCUT2D eigenvalue weighted by Gasteiger charge is 2.39. The first-order valence-corrected chi connectivity index (χ1v) is 9.80. The lowest BCUT2D eigenvalue weighted by Gasteiger charge is -2.25. The van der Waals surface area contributed by atoms with Gasteiger partial charge in [0.1, 0.15) is 29.3 Å². The van der Waals surface area contributed by atoms with Crippen LogP contribution in [0.25, 0.3) is 5.65 Å². The van der Waals surface area contributed by atoms with Gasteiger partial charge in [-0.2, -0.15) is 4.39 Å². The molecule has 8 nitrogen and oxygen atoms in total. The van der Waals surface area contributed by atoms with Gasteiger partial charge in [0.05, 0.1) is 18.6 Å². The average molecular weight is 448 g/mol. The van der Waals surface area contributed by atoms with Crippen LogP contribution in [0.1, 0.15) is 24.4 Å². The van der Waals surface area contributed by atoms with Gasteiger partial charge in [-0.1, -0.05) is 0 Å². The maximum absolute atomic E-state index is 14.4. The quantitative estimate of drug-likeness (QED) is 0.599. The number of amides is 2. The molecule has 3 heterocycles. The second-order valence-electron chi connectivity index (χ2n) is 7.73. The zero-order valence-electron chi connectivity index (χ0n) is 16.4. The molecule has 5 rings (SSSR count). The van der Waals surface area contributed by atoms with Gasteiger partial charge in [-0.15, -0.1) is 5.10 Å². The number of carbonyl (C=O) groups is 2. The van der Waals surface area contributed by atoms with Gasteiger partial charge >= 0.3 is 6.03 Å². The Balaban J connectivity index is 1.48. The van der Waals surface area contributed by atoms with Crippen molar-refractivity contribution in [2.45, 2.75) is 31.1 Å². The number of Topliss-reactive ketones (excluding diaryl/α,β-unsaturated/α-hetero) is 1. The van der Waals surface area contributed by atoms with Crippen molar-refractivity contribution in [3.8, 4) is 0 Å². The van der Waals surface area contributed by atoms with Gasteiger partial charge in [-0.3, -0.25) is 4.79 Å². The first kappa shape index (κ1) is 20.2. The number of ketones is 1. The number of aromatic nitrogens is 3. The third-order valence-corrected chi connectivity index (χ3v) is 5.45. The Morgan fingerprint density at radius 3 is 2.72 bits per heavy atom. The third kappa shape index (κ3) is 3.61. The van der Waals surface area contributed by atoms with Crippen LogP contribution in [0.4, 0.5) is 33.9 Å². The molecule has 1 saturated heterocycles. The smallest absolute Gasteiger partial charge is 0.319 e. The van der Waals surface area contributed by atoms with Crippen LogP contribution in [0, 0.1) is 17.6 Å². The number of nitrogens with zero attached hydrogens (tertiary/aromatic N) is 4. The summed E-state index contributed by atoms with van der Waals surface area (Å²) in [5, 5.41) is 8.28. The third-order valence-electron chi connectivity index (χ3n) is 5.45. The van der Waals surface area contributed by atoms with Crippen LogP contribution in [0.5, 0.6) is 0 Å². The summed E-state index contributed by atoms with van der Waals surface area (Å²) in [5.74, 6) is -2.35. The first-order chi connectivity index (χ1) is 15.3. The van der Waals surface area contributed by atoms with Crippen molar-refractivity contribution in [1.29, 1.82) is 0 Å². The van der Waals surface area contributed by atoms with Crippen LogP contribution in [-0.2, 0) is 4.79 Å². The molecule has 1 aromatic carbocycles. The molecular weight excluding hydrogens is 432 g/mol. The molecule has 2 aromatic heterocycles. The van der Waals surface area contributed by atoms with E-state index in [4.69, 9.17) is 0 Å². The van der Waals surface area contributed by atoms with Gasteiger partial charge in [0, 0.05) is 24.6 Å². The Morgan fingerprint density at radius 2 is 1.97 bits per heavy atom. The lowest BCUT2D eigenvalue weighted by molar-refractivity contribution is -0.116. The monoisotopic (exact) mass is 448 g/mol. The molecule has 0 spiro atoms. The van der Waals surface area contributed by atoms with E-state index in [0.717, 1.165) is 22.7 Å². The summed E-state index contributed by atoms with van der Waals surface area (Å²) < 4.78 is 56.5. The van der Waals surface area contributed by atoms with E-state index in [2.05, 4.69) is 20.7 Å². The van der Waals surface area contributed by atoms with Gasteiger partial charge in [0.15, 0.2) is 11.4 Å². The molecule has 2 N–H and O–H groups in total. The first-order valence-electron chi connectivity index (χ1n) is 9.80. The van der Waals surface area contributed by atoms with Gasteiger partial charge in [-0.05, 0) is 24.3 Å². The summed E-state index contributed by atoms with van der Waals surface area (Å²) in [7, 11) is 0. The van der Waals surface area contributed by atoms with Gasteiger partial charge in [0.2, 0.25) is 0 Å². The molecule has 0 unspecified atom stereocenters. The number of rotatable bonds is 4. The van der Waals surface area contributed by atoms with Crippen LogP contribution in [0.2, 0.25) is 0 Å². The molecule has 32 heavy (non-hydrogen) atoms. The molecule has 12 heteroatoms. The maximum atomic E-state index is 14.4. The highest BCUT2D eigenvalue weighted by atomic mass is 19.1. The molecule has 2 amide bonds. The largest absolute Gasteiger partial charge is 0.342 e. The molecule has 1 aliphatic heterocycles. The zero-order valence-corrected chi connectivity index (χ0v) is 16.4. The molecule has 2 aliphatic rings. The van der Waals surface area contributed by atoms with Crippen LogP contribution in [0.15, 0.2) is 30.5 Å². The fourth-order valence-corrected chi connectivity index (χ4v) is 3.77. The van der Waals surface area contributed by atoms with Gasteiger partial charge in [-0.25, -0.2) is 27.5 Å². The number of halogens is 4. The number of fused-ring (bicyclic) bond motifs is 1. The fraction of sp³-hybridized carbons (Fsp3) is 0.300. The Labute approximate surface area is 178 Å². The number of nitrogens with one attached hydrogen (secondary N) is 2. The summed E-state index contributed by atoms with van der Waals surface area (Å²) in [6, 6.07) is 2.19. The summed E-state index contributed by atoms with van der Waals surface area (Å²) >= 11 is 0. The number of urea groups is 1. The van der Waals surface area contributed by atoms with Crippen molar-refractivity contribution in [2.75, 3.05) is 16.8 Å². The Kier molecular flexibility index (Phi) is 4.72. The number of hydrogen-bond acceptors (Lipinski definition) is 5. The molecular formula is C20H16F4N6O2. The molecule has 2 fully saturated rings. The van der Waals surface area contributed by atoms with E-state index in [9.17, 15) is 27.2 Å². The van der Waals surface area contributed by atoms with E-state index in [-0.39, 0.29) is 47.9 Å². The average Bonchev–Trinajstić information content (AvgIpc) is 3.15. The van der Waals surface area contributed by atoms with Gasteiger partial charge in [0.25, 0.3) is 5.95 Å². The van der Waals surface area contributed by atoms with Crippen LogP contribution < -0.4 is 15.5 Å². The number of carbonyl (C=O) groups excluding carboxylic acids is 2. The highest BCUT2D eigenvalue weighted by molar-refractivity contribution is 5.94. The van der Waals surface area contributed by atoms with Crippen LogP contribution in [-0.4, -0.2) is 45.2 Å². The Bertz CT molecular complexity index is 1250. The van der Waals surface area contributed by atoms with E-state index in [1.54, 1.807) is 0 Å². The number of anilines is 2. The van der Waals surface area contributed by atoms with Crippen molar-refractivity contribution in [1.82, 2.24) is 19.9 Å². The van der Waals surface area contributed by atoms with E-state index < -0.39 is 41.9 Å². The standard InChI is InChI=1S/C20H16F4N6O2/c21-9-1-2-12(22)11(5-9)15-6-10(31)8-29(15)16-3-4-30-19(26-16)17(18(24)28-30)27-20(32)25-14-7-13(14)23/h1-5,13-15H,6-8H2,(H2,25,27,32)/t13-,14+,15-/m1/s1. The normalized spacial score (nSPS) is 22.4. The molecule has 1 saturated carbocycles. The van der Waals surface area contributed by atoms with E-state index in [1.807, 2.05) is 0 Å². The summed E-state index contributed by atoms with van der Waals surface area (Å²) in [6.07, 6.45) is 0.366. The van der Waals surface area contributed by atoms with Crippen molar-refractivity contribution >= 4 is 29.0 Å². The number of alkyl halides is 1. The SMILES string of the molecule is O=C1C[C@H](c2cc(F)ccc2F)N(c2ccn3nc(F)c(NC(=O)N[C@H]4C[C@H]4F)c3n2)C1. The minimum absolute atomic E-state index is 0.000137. The summed E-state index contributed by atoms with van der Waals surface area (Å²) in [5.41, 5.74) is -0.403. The van der Waals surface area contributed by atoms with Crippen LogP contribution in [0.3, 0.4) is 0 Å². The number of benzene rings is 1. The van der Waals surface area contributed by atoms with Crippen molar-refractivity contribution in [3.63, 3.8) is 0 Å². The lowest BCUT2D eigenvalue weighted by atomic mass is 10.0. The molecule has 1 aliphatic carbocycles. The molecule has 0 radical (unpaired) electrons. The van der Waals surface area contributed by atoms with Gasteiger partial charge < -0.3 is 15.5 Å². The second-order valence-corrected chi connectivity index (χ2v) is 7.73. The minimum atomic E-state index is -1.13. The second kappa shape index (κ2) is 7.46. The van der Waals surface area contributed by atoms with E-state index >= 15 is 0 Å². The molecule has 3 aromatic rings. The molecule has 0 bridgehead atoms. The maximum Gasteiger partial charge on any atom is 0.319 e. The Hall–Kier alpha value is -3.70. The highest BCUT2D eigenvalue weighted by Crippen LogP contribution is 2.36. The molecule has 3 atom stereocenters. The summed E-state index contributed by atoms with van der Waals surface area (Å²) in [4.78, 5) is 30.0.